The van der Waals surface area contributed by atoms with Gasteiger partial charge in [-0.2, -0.15) is 4.39 Å². The molecule has 0 aliphatic rings. The normalized spacial score (nSPS) is 10.4. The third kappa shape index (κ3) is 2.34. The van der Waals surface area contributed by atoms with Crippen LogP contribution in [0.25, 0.3) is 11.3 Å². The maximum Gasteiger partial charge on any atom is 0.213 e. The summed E-state index contributed by atoms with van der Waals surface area (Å²) in [6.07, 6.45) is 0.570. The largest absolute Gasteiger partial charge is 0.298 e. The second-order valence-corrected chi connectivity index (χ2v) is 4.58. The Kier molecular flexibility index (Phi) is 3.85. The second kappa shape index (κ2) is 5.22. The summed E-state index contributed by atoms with van der Waals surface area (Å²) in [5.41, 5.74) is 0.706. The number of halogens is 4. The molecule has 0 atom stereocenters. The van der Waals surface area contributed by atoms with Crippen LogP contribution in [0.5, 0.6) is 0 Å². The fraction of sp³-hybridized carbons (Fsp3) is 0. The van der Waals surface area contributed by atoms with Crippen molar-refractivity contribution < 1.29 is 9.18 Å². The summed E-state index contributed by atoms with van der Waals surface area (Å²) in [7, 11) is 0. The molecule has 2 aromatic rings. The quantitative estimate of drug-likeness (QED) is 0.459. The Labute approximate surface area is 117 Å². The van der Waals surface area contributed by atoms with Crippen LogP contribution in [0.1, 0.15) is 10.4 Å². The molecule has 0 aliphatic carbocycles. The molecule has 1 heterocycles. The first-order valence-electron chi connectivity index (χ1n) is 4.80. The topological polar surface area (TPSA) is 30.0 Å². The van der Waals surface area contributed by atoms with Crippen LogP contribution in [0, 0.1) is 5.95 Å². The molecule has 0 bridgehead atoms. The molecule has 1 aromatic heterocycles. The molecule has 1 aromatic carbocycles. The highest BCUT2D eigenvalue weighted by molar-refractivity contribution is 6.49. The Morgan fingerprint density at radius 1 is 1.06 bits per heavy atom. The van der Waals surface area contributed by atoms with E-state index >= 15 is 0 Å². The van der Waals surface area contributed by atoms with Crippen LogP contribution in [0.15, 0.2) is 24.3 Å². The SMILES string of the molecule is O=Cc1ccc(F)nc1-c1ccc(Cl)c(Cl)c1Cl. The molecule has 18 heavy (non-hydrogen) atoms. The number of hydrogen-bond donors (Lipinski definition) is 0. The lowest BCUT2D eigenvalue weighted by Gasteiger charge is -2.08. The first-order chi connectivity index (χ1) is 8.54. The fourth-order valence-corrected chi connectivity index (χ4v) is 2.09. The van der Waals surface area contributed by atoms with Crippen molar-refractivity contribution in [3.05, 3.63) is 50.8 Å². The van der Waals surface area contributed by atoms with E-state index in [1.807, 2.05) is 0 Å². The Morgan fingerprint density at radius 3 is 2.44 bits per heavy atom. The van der Waals surface area contributed by atoms with E-state index in [0.717, 1.165) is 6.07 Å². The average Bonchev–Trinajstić information content (AvgIpc) is 2.36. The predicted molar refractivity (Wildman–Crippen MR) is 70.0 cm³/mol. The van der Waals surface area contributed by atoms with Crippen molar-refractivity contribution in [2.45, 2.75) is 0 Å². The van der Waals surface area contributed by atoms with Crippen LogP contribution >= 0.6 is 34.8 Å². The van der Waals surface area contributed by atoms with Crippen molar-refractivity contribution >= 4 is 41.1 Å². The molecule has 0 aliphatic heterocycles. The van der Waals surface area contributed by atoms with Gasteiger partial charge in [0, 0.05) is 11.1 Å². The van der Waals surface area contributed by atoms with Crippen molar-refractivity contribution in [3.8, 4) is 11.3 Å². The average molecular weight is 305 g/mol. The number of nitrogens with zero attached hydrogens (tertiary/aromatic N) is 1. The highest BCUT2D eigenvalue weighted by atomic mass is 35.5. The van der Waals surface area contributed by atoms with Crippen molar-refractivity contribution in [3.63, 3.8) is 0 Å². The van der Waals surface area contributed by atoms with Gasteiger partial charge in [-0.15, -0.1) is 0 Å². The molecular formula is C12H5Cl3FNO. The number of carbonyl (C=O) groups is 1. The molecule has 0 spiro atoms. The van der Waals surface area contributed by atoms with Gasteiger partial charge in [-0.25, -0.2) is 4.98 Å². The molecule has 0 saturated carbocycles. The summed E-state index contributed by atoms with van der Waals surface area (Å²) >= 11 is 17.7. The van der Waals surface area contributed by atoms with E-state index in [2.05, 4.69) is 4.98 Å². The van der Waals surface area contributed by atoms with Gasteiger partial charge in [-0.3, -0.25) is 4.79 Å². The van der Waals surface area contributed by atoms with Crippen LogP contribution < -0.4 is 0 Å². The van der Waals surface area contributed by atoms with E-state index in [1.165, 1.54) is 18.2 Å². The number of rotatable bonds is 2. The van der Waals surface area contributed by atoms with Gasteiger partial charge >= 0.3 is 0 Å². The van der Waals surface area contributed by atoms with Gasteiger partial charge < -0.3 is 0 Å². The van der Waals surface area contributed by atoms with Crippen LogP contribution in [-0.4, -0.2) is 11.3 Å². The van der Waals surface area contributed by atoms with E-state index in [4.69, 9.17) is 34.8 Å². The molecule has 0 N–H and O–H groups in total. The van der Waals surface area contributed by atoms with Gasteiger partial charge in [0.05, 0.1) is 20.8 Å². The Morgan fingerprint density at radius 2 is 1.78 bits per heavy atom. The smallest absolute Gasteiger partial charge is 0.213 e. The maximum absolute atomic E-state index is 13.2. The molecule has 0 unspecified atom stereocenters. The van der Waals surface area contributed by atoms with E-state index in [-0.39, 0.29) is 26.3 Å². The predicted octanol–water partition coefficient (Wildman–Crippen LogP) is 4.66. The zero-order valence-electron chi connectivity index (χ0n) is 8.75. The molecule has 2 nitrogen and oxygen atoms in total. The lowest BCUT2D eigenvalue weighted by Crippen LogP contribution is -1.95. The van der Waals surface area contributed by atoms with Gasteiger partial charge in [0.2, 0.25) is 5.95 Å². The second-order valence-electron chi connectivity index (χ2n) is 3.41. The molecule has 6 heteroatoms. The first kappa shape index (κ1) is 13.3. The summed E-state index contributed by atoms with van der Waals surface area (Å²) in [4.78, 5) is 14.6. The summed E-state index contributed by atoms with van der Waals surface area (Å²) in [5, 5.41) is 0.540. The number of carbonyl (C=O) groups excluding carboxylic acids is 1. The minimum absolute atomic E-state index is 0.130. The van der Waals surface area contributed by atoms with E-state index in [1.54, 1.807) is 0 Å². The Bertz CT molecular complexity index is 631. The minimum atomic E-state index is -0.710. The highest BCUT2D eigenvalue weighted by Crippen LogP contribution is 2.38. The summed E-state index contributed by atoms with van der Waals surface area (Å²) in [6, 6.07) is 5.46. The molecule has 0 fully saturated rings. The zero-order chi connectivity index (χ0) is 13.3. The van der Waals surface area contributed by atoms with Crippen molar-refractivity contribution in [1.82, 2.24) is 4.98 Å². The van der Waals surface area contributed by atoms with Gasteiger partial charge in [0.15, 0.2) is 6.29 Å². The lowest BCUT2D eigenvalue weighted by atomic mass is 10.1. The summed E-state index contributed by atoms with van der Waals surface area (Å²) < 4.78 is 13.2. The number of aldehydes is 1. The molecule has 0 radical (unpaired) electrons. The molecule has 0 saturated heterocycles. The fourth-order valence-electron chi connectivity index (χ4n) is 1.47. The zero-order valence-corrected chi connectivity index (χ0v) is 11.0. The molecule has 2 rings (SSSR count). The summed E-state index contributed by atoms with van der Waals surface area (Å²) in [5.74, 6) is -0.710. The first-order valence-corrected chi connectivity index (χ1v) is 5.93. The molecule has 92 valence electrons. The van der Waals surface area contributed by atoms with Gasteiger partial charge in [-0.05, 0) is 24.3 Å². The van der Waals surface area contributed by atoms with Crippen molar-refractivity contribution in [1.29, 1.82) is 0 Å². The van der Waals surface area contributed by atoms with Crippen molar-refractivity contribution in [2.24, 2.45) is 0 Å². The minimum Gasteiger partial charge on any atom is -0.298 e. The molecule has 0 amide bonds. The van der Waals surface area contributed by atoms with Gasteiger partial charge in [0.25, 0.3) is 0 Å². The van der Waals surface area contributed by atoms with Crippen LogP contribution in [0.2, 0.25) is 15.1 Å². The number of hydrogen-bond acceptors (Lipinski definition) is 2. The van der Waals surface area contributed by atoms with Crippen LogP contribution in [-0.2, 0) is 0 Å². The number of benzene rings is 1. The van der Waals surface area contributed by atoms with E-state index < -0.39 is 5.95 Å². The van der Waals surface area contributed by atoms with Crippen LogP contribution in [0.3, 0.4) is 0 Å². The Hall–Kier alpha value is -1.16. The van der Waals surface area contributed by atoms with Crippen LogP contribution in [0.4, 0.5) is 4.39 Å². The molecular weight excluding hydrogens is 299 g/mol. The highest BCUT2D eigenvalue weighted by Gasteiger charge is 2.15. The van der Waals surface area contributed by atoms with E-state index in [0.29, 0.717) is 11.8 Å². The van der Waals surface area contributed by atoms with Crippen molar-refractivity contribution in [2.75, 3.05) is 0 Å². The van der Waals surface area contributed by atoms with E-state index in [9.17, 15) is 9.18 Å². The standard InChI is InChI=1S/C12H5Cl3FNO/c13-8-3-2-7(10(14)11(8)15)12-6(5-18)1-4-9(16)17-12/h1-5H. The number of pyridine rings is 1. The monoisotopic (exact) mass is 303 g/mol. The van der Waals surface area contributed by atoms with Gasteiger partial charge in [-0.1, -0.05) is 34.8 Å². The third-order valence-corrected chi connectivity index (χ3v) is 3.60. The maximum atomic E-state index is 13.2. The number of aromatic nitrogens is 1. The summed E-state index contributed by atoms with van der Waals surface area (Å²) in [6.45, 7) is 0. The lowest BCUT2D eigenvalue weighted by molar-refractivity contribution is 0.112. The van der Waals surface area contributed by atoms with Gasteiger partial charge in [0.1, 0.15) is 0 Å². The Balaban J connectivity index is 2.72. The third-order valence-electron chi connectivity index (χ3n) is 2.31.